The summed E-state index contributed by atoms with van der Waals surface area (Å²) in [5, 5.41) is 15.3. The largest absolute Gasteiger partial charge is 1.00 e. The molecule has 0 atom stereocenters. The number of hydrogen-bond acceptors (Lipinski definition) is 8. The number of amides is 3. The van der Waals surface area contributed by atoms with Crippen molar-refractivity contribution in [3.63, 3.8) is 0 Å². The van der Waals surface area contributed by atoms with E-state index >= 15 is 0 Å². The number of ketones is 1. The number of pyridine rings is 3. The number of nitrogens with two attached hydrogens (primary N) is 3. The summed E-state index contributed by atoms with van der Waals surface area (Å²) in [4.78, 5) is 58.3. The number of anilines is 2. The van der Waals surface area contributed by atoms with E-state index in [-0.39, 0.29) is 49.6 Å². The van der Waals surface area contributed by atoms with Crippen LogP contribution in [-0.4, -0.2) is 66.3 Å². The summed E-state index contributed by atoms with van der Waals surface area (Å²) < 4.78 is 6.26. The Labute approximate surface area is 474 Å². The Morgan fingerprint density at radius 1 is 0.519 bits per heavy atom. The Morgan fingerprint density at radius 2 is 0.899 bits per heavy atom. The third-order valence-electron chi connectivity index (χ3n) is 13.4. The van der Waals surface area contributed by atoms with Gasteiger partial charge >= 0.3 is 24.8 Å². The minimum atomic E-state index is -0.948. The number of aliphatic carboxylic acids is 1. The molecule has 15 nitrogen and oxygen atoms in total. The number of carbonyl (C=O) groups is 5. The molecule has 79 heavy (non-hydrogen) atoms. The van der Waals surface area contributed by atoms with E-state index in [0.717, 1.165) is 104 Å². The Hall–Kier alpha value is -8.35. The predicted octanol–water partition coefficient (Wildman–Crippen LogP) is 6.97. The number of rotatable bonds is 19. The molecule has 0 unspecified atom stereocenters. The SMILES string of the molecule is CC.CCCc1cccn2c(Cc3ccccc3)c(C)c(C(=O)C(N)=O)c12.CCNc1cccn2c(Cc3ccccc3)c(C)c(CC(N)=O)c12.Cc1c(CC(N)=O)c2c(NCC(=O)O)cccn2c1Cc1ccccc1.[Li+].[OH-]. The minimum absolute atomic E-state index is 0. The number of nitrogens with one attached hydrogen (secondary N) is 2. The fourth-order valence-electron chi connectivity index (χ4n) is 10.0. The van der Waals surface area contributed by atoms with E-state index in [1.807, 2.05) is 122 Å². The van der Waals surface area contributed by atoms with Gasteiger partial charge in [0.1, 0.15) is 6.54 Å². The Kier molecular flexibility index (Phi) is 24.0. The smallest absolute Gasteiger partial charge is 0.870 e. The van der Waals surface area contributed by atoms with Gasteiger partial charge in [0.05, 0.1) is 46.3 Å². The number of carboxylic acid groups (broad SMARTS) is 1. The van der Waals surface area contributed by atoms with E-state index in [9.17, 15) is 24.0 Å². The number of primary amides is 3. The molecular formula is C63H73LiN8O7. The normalized spacial score (nSPS) is 10.4. The molecule has 0 aliphatic carbocycles. The molecule has 0 bridgehead atoms. The number of hydrogen-bond donors (Lipinski definition) is 6. The summed E-state index contributed by atoms with van der Waals surface area (Å²) in [5.41, 5.74) is 33.8. The van der Waals surface area contributed by atoms with Gasteiger partial charge in [-0.15, -0.1) is 0 Å². The van der Waals surface area contributed by atoms with Crippen molar-refractivity contribution in [2.24, 2.45) is 17.2 Å². The van der Waals surface area contributed by atoms with Crippen LogP contribution in [0.5, 0.6) is 0 Å². The van der Waals surface area contributed by atoms with Gasteiger partial charge in [-0.2, -0.15) is 0 Å². The number of Topliss-reactive ketones (excluding diaryl/α,β-unsaturated/α-hetero) is 1. The molecule has 0 fully saturated rings. The molecule has 408 valence electrons. The van der Waals surface area contributed by atoms with Crippen LogP contribution >= 0.6 is 0 Å². The first-order valence-electron chi connectivity index (χ1n) is 26.2. The van der Waals surface area contributed by atoms with Gasteiger partial charge in [0.25, 0.3) is 11.7 Å². The summed E-state index contributed by atoms with van der Waals surface area (Å²) in [6.07, 6.45) is 10.3. The van der Waals surface area contributed by atoms with Crippen molar-refractivity contribution >= 4 is 57.4 Å². The minimum Gasteiger partial charge on any atom is -0.870 e. The maximum absolute atomic E-state index is 12.5. The van der Waals surface area contributed by atoms with Crippen LogP contribution in [0.1, 0.15) is 112 Å². The van der Waals surface area contributed by atoms with Crippen molar-refractivity contribution in [2.75, 3.05) is 23.7 Å². The number of aryl methyl sites for hydroxylation is 1. The number of nitrogens with zero attached hydrogens (tertiary/aromatic N) is 3. The maximum Gasteiger partial charge on any atom is 1.00 e. The zero-order valence-corrected chi connectivity index (χ0v) is 46.7. The van der Waals surface area contributed by atoms with Gasteiger partial charge in [-0.1, -0.05) is 124 Å². The third kappa shape index (κ3) is 15.2. The van der Waals surface area contributed by atoms with Gasteiger partial charge in [0.2, 0.25) is 11.8 Å². The van der Waals surface area contributed by atoms with Crippen molar-refractivity contribution in [1.29, 1.82) is 0 Å². The van der Waals surface area contributed by atoms with Crippen LogP contribution in [0, 0.1) is 20.8 Å². The second kappa shape index (κ2) is 30.0. The van der Waals surface area contributed by atoms with Gasteiger partial charge in [0, 0.05) is 61.5 Å². The Morgan fingerprint density at radius 3 is 1.27 bits per heavy atom. The molecule has 3 aromatic carbocycles. The first-order chi connectivity index (χ1) is 37.1. The first kappa shape index (κ1) is 63.2. The van der Waals surface area contributed by atoms with Gasteiger partial charge in [0.15, 0.2) is 0 Å². The van der Waals surface area contributed by atoms with Gasteiger partial charge < -0.3 is 51.6 Å². The molecule has 9 rings (SSSR count). The van der Waals surface area contributed by atoms with E-state index in [1.54, 1.807) is 0 Å². The van der Waals surface area contributed by atoms with E-state index in [0.29, 0.717) is 24.1 Å². The van der Waals surface area contributed by atoms with Crippen LogP contribution in [0.4, 0.5) is 11.4 Å². The van der Waals surface area contributed by atoms with E-state index in [1.165, 1.54) is 11.3 Å². The Balaban J connectivity index is 0.000000248. The molecule has 0 radical (unpaired) electrons. The van der Waals surface area contributed by atoms with E-state index in [2.05, 4.69) is 96.6 Å². The number of carboxylic acids is 1. The fourth-order valence-corrected chi connectivity index (χ4v) is 10.0. The van der Waals surface area contributed by atoms with Crippen molar-refractivity contribution in [3.8, 4) is 0 Å². The van der Waals surface area contributed by atoms with Crippen molar-refractivity contribution < 1.29 is 53.4 Å². The molecule has 0 aliphatic heterocycles. The summed E-state index contributed by atoms with van der Waals surface area (Å²) in [7, 11) is 0. The van der Waals surface area contributed by atoms with Crippen LogP contribution in [-0.2, 0) is 57.7 Å². The number of fused-ring (bicyclic) bond motifs is 3. The van der Waals surface area contributed by atoms with Crippen molar-refractivity contribution in [1.82, 2.24) is 13.2 Å². The zero-order valence-electron chi connectivity index (χ0n) is 46.7. The monoisotopic (exact) mass is 1060 g/mol. The van der Waals surface area contributed by atoms with Crippen LogP contribution in [0.3, 0.4) is 0 Å². The second-order valence-corrected chi connectivity index (χ2v) is 18.6. The van der Waals surface area contributed by atoms with Crippen molar-refractivity contribution in [3.05, 3.63) is 219 Å². The molecular weight excluding hydrogens is 988 g/mol. The molecule has 0 saturated heterocycles. The molecule has 6 aromatic heterocycles. The second-order valence-electron chi connectivity index (χ2n) is 18.6. The van der Waals surface area contributed by atoms with Crippen LogP contribution in [0.2, 0.25) is 0 Å². The molecule has 0 spiro atoms. The fraction of sp³-hybridized carbons (Fsp3) is 0.254. The standard InChI is InChI=1S/C21H22N2O2.C20H21N3O3.C20H23N3O.C2H6.Li.H2O/c1-3-8-16-11-7-12-23-17(13-15-9-5-4-6-10-15)14(2)18(19(16)23)20(24)21(22)25;1-13-15(11-18(21)24)20-16(22-12-19(25)26)8-5-9-23(20)17(13)10-14-6-3-2-4-7-14;1-3-22-17-10-7-11-23-18(12-15-8-5-4-6-9-15)14(2)16(20(17)23)13-19(21)24;1-2;;/h4-7,9-12H,3,8,13H2,1-2H3,(H2,22,25);2-9,22H,10-12H2,1H3,(H2,21,24)(H,25,26);4-11,22H,3,12-13H2,1-2H3,(H2,21,24);1-2H3;;1H2/q;;;;+1;/p-1. The predicted molar refractivity (Wildman–Crippen MR) is 311 cm³/mol. The summed E-state index contributed by atoms with van der Waals surface area (Å²) in [6.45, 7) is 14.8. The molecule has 0 saturated carbocycles. The molecule has 10 N–H and O–H groups in total. The summed E-state index contributed by atoms with van der Waals surface area (Å²) in [5.74, 6) is -3.19. The van der Waals surface area contributed by atoms with Crippen LogP contribution in [0.25, 0.3) is 16.6 Å². The van der Waals surface area contributed by atoms with Crippen molar-refractivity contribution in [2.45, 2.75) is 93.4 Å². The topological polar surface area (TPSA) is 251 Å². The van der Waals surface area contributed by atoms with E-state index < -0.39 is 23.6 Å². The molecule has 0 aliphatic rings. The molecule has 16 heteroatoms. The molecule has 9 aromatic rings. The number of benzene rings is 3. The first-order valence-corrected chi connectivity index (χ1v) is 26.2. The average molecular weight is 1060 g/mol. The zero-order chi connectivity index (χ0) is 55.8. The van der Waals surface area contributed by atoms with Crippen LogP contribution < -0.4 is 46.7 Å². The number of carbonyl (C=O) groups excluding carboxylic acids is 4. The van der Waals surface area contributed by atoms with E-state index in [4.69, 9.17) is 22.3 Å². The van der Waals surface area contributed by atoms with Gasteiger partial charge in [-0.05, 0) is 115 Å². The maximum atomic E-state index is 12.5. The average Bonchev–Trinajstić information content (AvgIpc) is 4.15. The summed E-state index contributed by atoms with van der Waals surface area (Å²) in [6, 6.07) is 42.3. The molecule has 3 amide bonds. The van der Waals surface area contributed by atoms with Gasteiger partial charge in [-0.25, -0.2) is 0 Å². The summed E-state index contributed by atoms with van der Waals surface area (Å²) >= 11 is 0. The van der Waals surface area contributed by atoms with Crippen LogP contribution in [0.15, 0.2) is 146 Å². The number of aromatic nitrogens is 3. The quantitative estimate of drug-likeness (QED) is 0.0277. The van der Waals surface area contributed by atoms with Gasteiger partial charge in [-0.3, -0.25) is 24.0 Å². The Bertz CT molecular complexity index is 3510. The third-order valence-corrected chi connectivity index (χ3v) is 13.4. The molecule has 6 heterocycles.